The number of rotatable bonds is 10. The number of hydrogen-bond donors (Lipinski definition) is 0. The summed E-state index contributed by atoms with van der Waals surface area (Å²) in [7, 11) is 0. The first-order valence-corrected chi connectivity index (χ1v) is 11.2. The molecular formula is C28H46O2. The first-order chi connectivity index (χ1) is 13.5. The van der Waals surface area contributed by atoms with E-state index in [0.29, 0.717) is 13.2 Å². The quantitative estimate of drug-likeness (QED) is 0.359. The maximum Gasteiger partial charge on any atom is 0.124 e. The molecule has 1 aromatic carbocycles. The Bertz CT molecular complexity index is 660. The third kappa shape index (κ3) is 7.85. The zero-order chi connectivity index (χ0) is 23.4. The lowest BCUT2D eigenvalue weighted by molar-refractivity contribution is 0.262. The minimum absolute atomic E-state index is 0.0618. The number of benzene rings is 1. The second kappa shape index (κ2) is 9.62. The Hall–Kier alpha value is -1.70. The Morgan fingerprint density at radius 2 is 0.933 bits per heavy atom. The Balaban J connectivity index is 3.70. The van der Waals surface area contributed by atoms with Crippen LogP contribution in [0.4, 0.5) is 0 Å². The van der Waals surface area contributed by atoms with E-state index in [0.717, 1.165) is 24.3 Å². The van der Waals surface area contributed by atoms with Crippen molar-refractivity contribution in [2.24, 2.45) is 10.8 Å². The van der Waals surface area contributed by atoms with E-state index in [1.165, 1.54) is 11.1 Å². The fourth-order valence-corrected chi connectivity index (χ4v) is 5.00. The van der Waals surface area contributed by atoms with Crippen molar-refractivity contribution in [2.75, 3.05) is 13.2 Å². The summed E-state index contributed by atoms with van der Waals surface area (Å²) in [5, 5.41) is 0. The van der Waals surface area contributed by atoms with Crippen molar-refractivity contribution in [3.63, 3.8) is 0 Å². The summed E-state index contributed by atoms with van der Waals surface area (Å²) in [5.74, 6) is 1.87. The molecule has 0 saturated carbocycles. The van der Waals surface area contributed by atoms with E-state index in [1.54, 1.807) is 0 Å². The first kappa shape index (κ1) is 26.3. The highest BCUT2D eigenvalue weighted by atomic mass is 16.5. The van der Waals surface area contributed by atoms with Crippen LogP contribution in [0.5, 0.6) is 11.5 Å². The van der Waals surface area contributed by atoms with Crippen molar-refractivity contribution in [2.45, 2.75) is 92.9 Å². The molecule has 0 N–H and O–H groups in total. The van der Waals surface area contributed by atoms with Gasteiger partial charge < -0.3 is 9.47 Å². The molecule has 0 aliphatic heterocycles. The molecular weight excluding hydrogens is 368 g/mol. The monoisotopic (exact) mass is 414 g/mol. The van der Waals surface area contributed by atoms with Gasteiger partial charge in [0.05, 0.1) is 0 Å². The zero-order valence-electron chi connectivity index (χ0n) is 21.4. The van der Waals surface area contributed by atoms with E-state index in [2.05, 4.69) is 94.5 Å². The highest BCUT2D eigenvalue weighted by molar-refractivity contribution is 5.52. The standard InChI is InChI=1S/C28H46O2/c1-13-15-29-23-17-22(28(11,12)20-26(6,7)8)24(30-16-14-2)18-21(23)27(9,10)19-25(3,4)5/h13-14,17-18H,1-2,15-16,19-20H2,3-12H3. The molecule has 0 radical (unpaired) electrons. The summed E-state index contributed by atoms with van der Waals surface area (Å²) in [5.41, 5.74) is 2.65. The highest BCUT2D eigenvalue weighted by Gasteiger charge is 2.35. The lowest BCUT2D eigenvalue weighted by Gasteiger charge is -2.37. The predicted molar refractivity (Wildman–Crippen MR) is 132 cm³/mol. The van der Waals surface area contributed by atoms with Crippen molar-refractivity contribution in [3.8, 4) is 11.5 Å². The Kier molecular flexibility index (Phi) is 8.45. The van der Waals surface area contributed by atoms with Gasteiger partial charge in [-0.25, -0.2) is 0 Å². The highest BCUT2D eigenvalue weighted by Crippen LogP contribution is 2.47. The van der Waals surface area contributed by atoms with Gasteiger partial charge in [-0.1, -0.05) is 94.5 Å². The predicted octanol–water partition coefficient (Wildman–Crippen LogP) is 8.24. The maximum absolute atomic E-state index is 6.22. The number of hydrogen-bond acceptors (Lipinski definition) is 2. The molecule has 170 valence electrons. The average molecular weight is 415 g/mol. The molecule has 0 atom stereocenters. The van der Waals surface area contributed by atoms with Gasteiger partial charge in [0.2, 0.25) is 0 Å². The van der Waals surface area contributed by atoms with E-state index in [1.807, 2.05) is 12.2 Å². The summed E-state index contributed by atoms with van der Waals surface area (Å²) >= 11 is 0. The molecule has 0 fully saturated rings. The smallest absolute Gasteiger partial charge is 0.124 e. The van der Waals surface area contributed by atoms with Crippen LogP contribution in [0.15, 0.2) is 37.4 Å². The topological polar surface area (TPSA) is 18.5 Å². The van der Waals surface area contributed by atoms with Crippen LogP contribution in [0.2, 0.25) is 0 Å². The number of ether oxygens (including phenoxy) is 2. The van der Waals surface area contributed by atoms with Gasteiger partial charge in [0.1, 0.15) is 24.7 Å². The molecule has 0 aliphatic rings. The van der Waals surface area contributed by atoms with Crippen molar-refractivity contribution in [1.29, 1.82) is 0 Å². The second-order valence-electron chi connectivity index (χ2n) is 12.3. The lowest BCUT2D eigenvalue weighted by atomic mass is 9.69. The average Bonchev–Trinajstić information content (AvgIpc) is 2.53. The lowest BCUT2D eigenvalue weighted by Crippen LogP contribution is -2.28. The molecule has 0 spiro atoms. The van der Waals surface area contributed by atoms with Crippen molar-refractivity contribution in [3.05, 3.63) is 48.6 Å². The Labute approximate surface area is 186 Å². The van der Waals surface area contributed by atoms with E-state index < -0.39 is 0 Å². The molecule has 1 rings (SSSR count). The first-order valence-electron chi connectivity index (χ1n) is 11.2. The molecule has 0 aromatic heterocycles. The molecule has 0 unspecified atom stereocenters. The summed E-state index contributed by atoms with van der Waals surface area (Å²) in [4.78, 5) is 0. The van der Waals surface area contributed by atoms with E-state index >= 15 is 0 Å². The minimum atomic E-state index is -0.0618. The van der Waals surface area contributed by atoms with Gasteiger partial charge in [-0.05, 0) is 46.6 Å². The fraction of sp³-hybridized carbons (Fsp3) is 0.643. The molecule has 0 saturated heterocycles. The third-order valence-electron chi connectivity index (χ3n) is 5.20. The molecule has 0 bridgehead atoms. The van der Waals surface area contributed by atoms with Crippen LogP contribution in [0, 0.1) is 10.8 Å². The summed E-state index contributed by atoms with van der Waals surface area (Å²) < 4.78 is 12.4. The van der Waals surface area contributed by atoms with Crippen molar-refractivity contribution in [1.82, 2.24) is 0 Å². The molecule has 0 heterocycles. The second-order valence-corrected chi connectivity index (χ2v) is 12.3. The van der Waals surface area contributed by atoms with Crippen LogP contribution < -0.4 is 9.47 Å². The molecule has 1 aromatic rings. The molecule has 2 nitrogen and oxygen atoms in total. The fourth-order valence-electron chi connectivity index (χ4n) is 5.00. The van der Waals surface area contributed by atoms with Gasteiger partial charge in [0.15, 0.2) is 0 Å². The maximum atomic E-state index is 6.22. The van der Waals surface area contributed by atoms with Gasteiger partial charge in [-0.15, -0.1) is 0 Å². The van der Waals surface area contributed by atoms with Crippen LogP contribution in [0.25, 0.3) is 0 Å². The van der Waals surface area contributed by atoms with Gasteiger partial charge >= 0.3 is 0 Å². The molecule has 2 heteroatoms. The molecule has 30 heavy (non-hydrogen) atoms. The van der Waals surface area contributed by atoms with Crippen LogP contribution in [0.3, 0.4) is 0 Å². The van der Waals surface area contributed by atoms with Crippen LogP contribution in [0.1, 0.15) is 93.2 Å². The van der Waals surface area contributed by atoms with Crippen LogP contribution in [-0.2, 0) is 10.8 Å². The van der Waals surface area contributed by atoms with Crippen molar-refractivity contribution >= 4 is 0 Å². The van der Waals surface area contributed by atoms with E-state index in [-0.39, 0.29) is 21.7 Å². The molecule has 0 amide bonds. The largest absolute Gasteiger partial charge is 0.489 e. The van der Waals surface area contributed by atoms with Gasteiger partial charge in [0.25, 0.3) is 0 Å². The van der Waals surface area contributed by atoms with Crippen molar-refractivity contribution < 1.29 is 9.47 Å². The van der Waals surface area contributed by atoms with E-state index in [9.17, 15) is 0 Å². The Morgan fingerprint density at radius 1 is 0.633 bits per heavy atom. The van der Waals surface area contributed by atoms with E-state index in [4.69, 9.17) is 9.47 Å². The SMILES string of the molecule is C=CCOc1cc(C(C)(C)CC(C)(C)C)c(OCC=C)cc1C(C)(C)CC(C)(C)C. The molecule has 0 aliphatic carbocycles. The van der Waals surface area contributed by atoms with Crippen LogP contribution in [-0.4, -0.2) is 13.2 Å². The van der Waals surface area contributed by atoms with Crippen LogP contribution >= 0.6 is 0 Å². The Morgan fingerprint density at radius 3 is 1.17 bits per heavy atom. The summed E-state index contributed by atoms with van der Waals surface area (Å²) in [6.07, 6.45) is 5.69. The van der Waals surface area contributed by atoms with Gasteiger partial charge in [-0.2, -0.15) is 0 Å². The summed E-state index contributed by atoms with van der Waals surface area (Å²) in [6.45, 7) is 31.6. The third-order valence-corrected chi connectivity index (χ3v) is 5.20. The minimum Gasteiger partial charge on any atom is -0.489 e. The summed E-state index contributed by atoms with van der Waals surface area (Å²) in [6, 6.07) is 4.43. The zero-order valence-corrected chi connectivity index (χ0v) is 21.4. The normalized spacial score (nSPS) is 13.1. The van der Waals surface area contributed by atoms with Gasteiger partial charge in [-0.3, -0.25) is 0 Å². The van der Waals surface area contributed by atoms with Gasteiger partial charge in [0, 0.05) is 11.1 Å².